The molecule has 2 N–H and O–H groups in total. The van der Waals surface area contributed by atoms with Gasteiger partial charge in [0.2, 0.25) is 5.95 Å². The van der Waals surface area contributed by atoms with E-state index in [1.165, 1.54) is 12.1 Å². The molecule has 31 heavy (non-hydrogen) atoms. The molecular weight excluding hydrogens is 444 g/mol. The van der Waals surface area contributed by atoms with Crippen LogP contribution in [0.4, 0.5) is 40.7 Å². The van der Waals surface area contributed by atoms with Crippen LogP contribution in [-0.2, 0) is 0 Å². The Balaban J connectivity index is 1.51. The molecule has 0 bridgehead atoms. The molecule has 162 valence electrons. The SMILES string of the molecule is Fc1cnc(Nc2ccc(OC(F)(F)F)c(Cl)c2)nc1Nc1ccc2c(c1)OCCO2. The van der Waals surface area contributed by atoms with Crippen LogP contribution in [0.2, 0.25) is 5.02 Å². The number of hydrogen-bond donors (Lipinski definition) is 2. The normalized spacial score (nSPS) is 12.9. The number of hydrogen-bond acceptors (Lipinski definition) is 7. The molecule has 7 nitrogen and oxygen atoms in total. The van der Waals surface area contributed by atoms with Crippen molar-refractivity contribution in [3.8, 4) is 17.2 Å². The van der Waals surface area contributed by atoms with Crippen LogP contribution in [-0.4, -0.2) is 29.5 Å². The number of fused-ring (bicyclic) bond motifs is 1. The number of nitrogens with one attached hydrogen (secondary N) is 2. The Hall–Kier alpha value is -3.47. The van der Waals surface area contributed by atoms with Gasteiger partial charge in [-0.2, -0.15) is 4.98 Å². The molecule has 0 radical (unpaired) electrons. The van der Waals surface area contributed by atoms with E-state index in [9.17, 15) is 17.6 Å². The molecular formula is C19H13ClF4N4O3. The van der Waals surface area contributed by atoms with Crippen LogP contribution in [0.15, 0.2) is 42.6 Å². The van der Waals surface area contributed by atoms with Gasteiger partial charge in [-0.1, -0.05) is 11.6 Å². The van der Waals surface area contributed by atoms with Crippen LogP contribution >= 0.6 is 11.6 Å². The van der Waals surface area contributed by atoms with E-state index in [1.807, 2.05) is 0 Å². The van der Waals surface area contributed by atoms with Crippen molar-refractivity contribution in [2.75, 3.05) is 23.8 Å². The highest BCUT2D eigenvalue weighted by Crippen LogP contribution is 2.35. The van der Waals surface area contributed by atoms with Crippen LogP contribution in [0, 0.1) is 5.82 Å². The van der Waals surface area contributed by atoms with Crippen molar-refractivity contribution < 1.29 is 31.8 Å². The van der Waals surface area contributed by atoms with Crippen molar-refractivity contribution in [1.29, 1.82) is 0 Å². The van der Waals surface area contributed by atoms with Gasteiger partial charge < -0.3 is 24.8 Å². The minimum Gasteiger partial charge on any atom is -0.486 e. The maximum absolute atomic E-state index is 14.2. The first-order valence-corrected chi connectivity index (χ1v) is 9.16. The van der Waals surface area contributed by atoms with Crippen molar-refractivity contribution in [3.63, 3.8) is 0 Å². The number of benzene rings is 2. The fourth-order valence-electron chi connectivity index (χ4n) is 2.69. The summed E-state index contributed by atoms with van der Waals surface area (Å²) in [7, 11) is 0. The Kier molecular flexibility index (Phi) is 5.59. The van der Waals surface area contributed by atoms with E-state index in [0.29, 0.717) is 30.4 Å². The van der Waals surface area contributed by atoms with Crippen molar-refractivity contribution in [1.82, 2.24) is 9.97 Å². The molecule has 0 fully saturated rings. The van der Waals surface area contributed by atoms with Gasteiger partial charge in [0, 0.05) is 17.4 Å². The van der Waals surface area contributed by atoms with E-state index in [0.717, 1.165) is 12.3 Å². The zero-order chi connectivity index (χ0) is 22.0. The maximum atomic E-state index is 14.2. The molecule has 0 saturated carbocycles. The third-order valence-electron chi connectivity index (χ3n) is 3.96. The van der Waals surface area contributed by atoms with E-state index in [2.05, 4.69) is 25.3 Å². The van der Waals surface area contributed by atoms with Crippen molar-refractivity contribution in [2.24, 2.45) is 0 Å². The summed E-state index contributed by atoms with van der Waals surface area (Å²) in [6.07, 6.45) is -3.93. The first kappa shape index (κ1) is 20.8. The second-order valence-electron chi connectivity index (χ2n) is 6.19. The summed E-state index contributed by atoms with van der Waals surface area (Å²) in [6.45, 7) is 0.852. The van der Waals surface area contributed by atoms with E-state index in [-0.39, 0.29) is 22.5 Å². The Bertz CT molecular complexity index is 1110. The standard InChI is InChI=1S/C19H13ClF4N4O3/c20-12-7-10(1-3-14(12)31-19(22,23)24)27-18-25-9-13(21)17(28-18)26-11-2-4-15-16(8-11)30-6-5-29-15/h1-4,7-9H,5-6H2,(H2,25,26,27,28). The summed E-state index contributed by atoms with van der Waals surface area (Å²) in [5.74, 6) is -0.315. The number of rotatable bonds is 5. The second kappa shape index (κ2) is 8.34. The van der Waals surface area contributed by atoms with Gasteiger partial charge in [0.15, 0.2) is 23.1 Å². The van der Waals surface area contributed by atoms with Gasteiger partial charge in [0.05, 0.1) is 11.2 Å². The second-order valence-corrected chi connectivity index (χ2v) is 6.60. The number of halogens is 5. The number of ether oxygens (including phenoxy) is 3. The fraction of sp³-hybridized carbons (Fsp3) is 0.158. The number of nitrogens with zero attached hydrogens (tertiary/aromatic N) is 2. The highest BCUT2D eigenvalue weighted by atomic mass is 35.5. The minimum atomic E-state index is -4.87. The van der Waals surface area contributed by atoms with E-state index in [1.54, 1.807) is 18.2 Å². The predicted octanol–water partition coefficient (Wildman–Crippen LogP) is 5.43. The summed E-state index contributed by atoms with van der Waals surface area (Å²) >= 11 is 5.82. The maximum Gasteiger partial charge on any atom is 0.573 e. The molecule has 3 aromatic rings. The van der Waals surface area contributed by atoms with Gasteiger partial charge in [0.25, 0.3) is 0 Å². The summed E-state index contributed by atoms with van der Waals surface area (Å²) in [4.78, 5) is 7.87. The smallest absolute Gasteiger partial charge is 0.486 e. The van der Waals surface area contributed by atoms with E-state index in [4.69, 9.17) is 21.1 Å². The molecule has 4 rings (SSSR count). The summed E-state index contributed by atoms with van der Waals surface area (Å²) < 4.78 is 66.0. The van der Waals surface area contributed by atoms with Crippen LogP contribution in [0.3, 0.4) is 0 Å². The Morgan fingerprint density at radius 3 is 2.42 bits per heavy atom. The Labute approximate surface area is 177 Å². The fourth-order valence-corrected chi connectivity index (χ4v) is 2.91. The molecule has 1 aliphatic heterocycles. The highest BCUT2D eigenvalue weighted by Gasteiger charge is 2.32. The van der Waals surface area contributed by atoms with Crippen molar-refractivity contribution >= 4 is 34.7 Å². The molecule has 0 amide bonds. The number of anilines is 4. The first-order chi connectivity index (χ1) is 14.8. The highest BCUT2D eigenvalue weighted by molar-refractivity contribution is 6.32. The number of aromatic nitrogens is 2. The molecule has 0 aliphatic carbocycles. The van der Waals surface area contributed by atoms with Gasteiger partial charge in [-0.3, -0.25) is 0 Å². The molecule has 2 aromatic carbocycles. The van der Waals surface area contributed by atoms with Crippen LogP contribution in [0.5, 0.6) is 17.2 Å². The zero-order valence-electron chi connectivity index (χ0n) is 15.5. The third-order valence-corrected chi connectivity index (χ3v) is 4.26. The topological polar surface area (TPSA) is 77.5 Å². The zero-order valence-corrected chi connectivity index (χ0v) is 16.2. The van der Waals surface area contributed by atoms with E-state index >= 15 is 0 Å². The van der Waals surface area contributed by atoms with Crippen molar-refractivity contribution in [3.05, 3.63) is 53.4 Å². The average molecular weight is 457 g/mol. The molecule has 12 heteroatoms. The largest absolute Gasteiger partial charge is 0.573 e. The van der Waals surface area contributed by atoms with Crippen molar-refractivity contribution in [2.45, 2.75) is 6.36 Å². The van der Waals surface area contributed by atoms with Gasteiger partial charge in [0.1, 0.15) is 19.0 Å². The lowest BCUT2D eigenvalue weighted by Gasteiger charge is -2.19. The monoisotopic (exact) mass is 456 g/mol. The minimum absolute atomic E-state index is 0.0120. The van der Waals surface area contributed by atoms with Gasteiger partial charge >= 0.3 is 6.36 Å². The quantitative estimate of drug-likeness (QED) is 0.496. The molecule has 2 heterocycles. The third kappa shape index (κ3) is 5.18. The summed E-state index contributed by atoms with van der Waals surface area (Å²) in [6, 6.07) is 8.51. The lowest BCUT2D eigenvalue weighted by Crippen LogP contribution is -2.17. The Morgan fingerprint density at radius 2 is 1.68 bits per heavy atom. The molecule has 0 spiro atoms. The van der Waals surface area contributed by atoms with Crippen LogP contribution in [0.25, 0.3) is 0 Å². The molecule has 0 unspecified atom stereocenters. The molecule has 1 aromatic heterocycles. The van der Waals surface area contributed by atoms with Crippen LogP contribution in [0.1, 0.15) is 0 Å². The Morgan fingerprint density at radius 1 is 0.968 bits per heavy atom. The van der Waals surface area contributed by atoms with E-state index < -0.39 is 17.9 Å². The van der Waals surface area contributed by atoms with Crippen LogP contribution < -0.4 is 24.8 Å². The van der Waals surface area contributed by atoms with Gasteiger partial charge in [-0.15, -0.1) is 13.2 Å². The van der Waals surface area contributed by atoms with Gasteiger partial charge in [-0.05, 0) is 30.3 Å². The predicted molar refractivity (Wildman–Crippen MR) is 104 cm³/mol. The van der Waals surface area contributed by atoms with Gasteiger partial charge in [-0.25, -0.2) is 9.37 Å². The lowest BCUT2D eigenvalue weighted by atomic mass is 10.2. The molecule has 1 aliphatic rings. The molecule has 0 atom stereocenters. The first-order valence-electron chi connectivity index (χ1n) is 8.78. The number of alkyl halides is 3. The summed E-state index contributed by atoms with van der Waals surface area (Å²) in [5.41, 5.74) is 0.779. The molecule has 0 saturated heterocycles. The lowest BCUT2D eigenvalue weighted by molar-refractivity contribution is -0.274. The average Bonchev–Trinajstić information content (AvgIpc) is 2.71. The summed E-state index contributed by atoms with van der Waals surface area (Å²) in [5, 5.41) is 5.29.